The largest absolute Gasteiger partial charge is 0.465 e. The molecule has 1 aromatic heterocycles. The molecule has 0 aliphatic carbocycles. The van der Waals surface area contributed by atoms with Gasteiger partial charge in [-0.3, -0.25) is 4.98 Å². The van der Waals surface area contributed by atoms with E-state index in [0.717, 1.165) is 10.6 Å². The first-order chi connectivity index (χ1) is 9.60. The minimum Gasteiger partial charge on any atom is -0.465 e. The fraction of sp³-hybridized carbons (Fsp3) is 0.143. The third-order valence-corrected chi connectivity index (χ3v) is 3.94. The number of hydrogen-bond acceptors (Lipinski definition) is 5. The summed E-state index contributed by atoms with van der Waals surface area (Å²) < 4.78 is 4.62. The van der Waals surface area contributed by atoms with E-state index < -0.39 is 5.97 Å². The molecule has 0 unspecified atom stereocenters. The van der Waals surface area contributed by atoms with Gasteiger partial charge < -0.3 is 10.5 Å². The lowest BCUT2D eigenvalue weighted by Gasteiger charge is -2.06. The molecule has 1 aromatic carbocycles. The number of thioether (sulfide) groups is 1. The number of pyridine rings is 1. The highest BCUT2D eigenvalue weighted by Gasteiger charge is 2.06. The molecule has 0 atom stereocenters. The third kappa shape index (κ3) is 3.65. The number of esters is 1. The summed E-state index contributed by atoms with van der Waals surface area (Å²) in [5, 5.41) is 0.649. The molecule has 20 heavy (non-hydrogen) atoms. The summed E-state index contributed by atoms with van der Waals surface area (Å²) in [6.07, 6.45) is 1.50. The highest BCUT2D eigenvalue weighted by Crippen LogP contribution is 2.30. The molecule has 0 spiro atoms. The normalized spacial score (nSPS) is 10.3. The number of nitrogens with two attached hydrogens (primary N) is 1. The number of benzene rings is 1. The zero-order chi connectivity index (χ0) is 14.5. The van der Waals surface area contributed by atoms with Crippen LogP contribution in [0.4, 0.5) is 5.69 Å². The summed E-state index contributed by atoms with van der Waals surface area (Å²) in [6, 6.07) is 8.84. The van der Waals surface area contributed by atoms with Crippen LogP contribution in [0.25, 0.3) is 0 Å². The fourth-order valence-corrected chi connectivity index (χ4v) is 2.69. The second-order valence-electron chi connectivity index (χ2n) is 4.00. The predicted octanol–water partition coefficient (Wildman–Crippen LogP) is 3.40. The molecular formula is C14H13ClN2O2S. The Bertz CT molecular complexity index is 617. The minimum absolute atomic E-state index is 0.393. The van der Waals surface area contributed by atoms with E-state index >= 15 is 0 Å². The molecule has 2 N–H and O–H groups in total. The number of halogens is 1. The highest BCUT2D eigenvalue weighted by molar-refractivity contribution is 7.98. The van der Waals surface area contributed by atoms with Crippen LogP contribution < -0.4 is 5.73 Å². The maximum Gasteiger partial charge on any atom is 0.339 e. The van der Waals surface area contributed by atoms with Gasteiger partial charge in [-0.1, -0.05) is 11.6 Å². The van der Waals surface area contributed by atoms with Gasteiger partial charge in [0.25, 0.3) is 0 Å². The Labute approximate surface area is 126 Å². The number of methoxy groups -OCH3 is 1. The van der Waals surface area contributed by atoms with Gasteiger partial charge >= 0.3 is 5.97 Å². The van der Waals surface area contributed by atoms with E-state index in [2.05, 4.69) is 9.72 Å². The van der Waals surface area contributed by atoms with Gasteiger partial charge in [-0.15, -0.1) is 11.8 Å². The first-order valence-corrected chi connectivity index (χ1v) is 7.17. The van der Waals surface area contributed by atoms with Crippen LogP contribution >= 0.6 is 23.4 Å². The van der Waals surface area contributed by atoms with Gasteiger partial charge in [0.15, 0.2) is 0 Å². The van der Waals surface area contributed by atoms with Crippen LogP contribution in [-0.4, -0.2) is 18.1 Å². The van der Waals surface area contributed by atoms with Crippen molar-refractivity contribution in [2.45, 2.75) is 10.6 Å². The smallest absolute Gasteiger partial charge is 0.339 e. The van der Waals surface area contributed by atoms with Crippen LogP contribution in [0.5, 0.6) is 0 Å². The standard InChI is InChI=1S/C14H13ClN2O2S/c1-19-14(18)9-2-4-11(17-7-9)8-20-13-6-10(15)3-5-12(13)16/h2-7H,8,16H2,1H3. The van der Waals surface area contributed by atoms with Crippen molar-refractivity contribution in [3.05, 3.63) is 52.8 Å². The Morgan fingerprint density at radius 3 is 2.85 bits per heavy atom. The van der Waals surface area contributed by atoms with Crippen LogP contribution in [0.2, 0.25) is 5.02 Å². The summed E-state index contributed by atoms with van der Waals surface area (Å²) >= 11 is 7.48. The molecule has 4 nitrogen and oxygen atoms in total. The Morgan fingerprint density at radius 1 is 1.40 bits per heavy atom. The van der Waals surface area contributed by atoms with Crippen molar-refractivity contribution in [1.29, 1.82) is 0 Å². The molecule has 0 aliphatic rings. The maximum atomic E-state index is 11.3. The van der Waals surface area contributed by atoms with Crippen LogP contribution in [-0.2, 0) is 10.5 Å². The van der Waals surface area contributed by atoms with Gasteiger partial charge in [0, 0.05) is 27.6 Å². The molecule has 0 saturated carbocycles. The van der Waals surface area contributed by atoms with E-state index in [0.29, 0.717) is 22.0 Å². The third-order valence-electron chi connectivity index (χ3n) is 2.60. The predicted molar refractivity (Wildman–Crippen MR) is 81.0 cm³/mol. The molecule has 0 amide bonds. The maximum absolute atomic E-state index is 11.3. The van der Waals surface area contributed by atoms with Crippen LogP contribution in [0.1, 0.15) is 16.1 Å². The number of ether oxygens (including phenoxy) is 1. The summed E-state index contributed by atoms with van der Waals surface area (Å²) in [5.74, 6) is 0.252. The van der Waals surface area contributed by atoms with Gasteiger partial charge in [-0.25, -0.2) is 4.79 Å². The van der Waals surface area contributed by atoms with Gasteiger partial charge in [0.1, 0.15) is 0 Å². The average Bonchev–Trinajstić information content (AvgIpc) is 2.48. The lowest BCUT2D eigenvalue weighted by Crippen LogP contribution is -2.02. The average molecular weight is 309 g/mol. The van der Waals surface area contributed by atoms with Crippen molar-refractivity contribution < 1.29 is 9.53 Å². The Kier molecular flexibility index (Phi) is 4.87. The summed E-state index contributed by atoms with van der Waals surface area (Å²) in [5.41, 5.74) is 7.84. The SMILES string of the molecule is COC(=O)c1ccc(CSc2cc(Cl)ccc2N)nc1. The van der Waals surface area contributed by atoms with Crippen molar-refractivity contribution in [3.8, 4) is 0 Å². The quantitative estimate of drug-likeness (QED) is 0.533. The van der Waals surface area contributed by atoms with Crippen molar-refractivity contribution in [1.82, 2.24) is 4.98 Å². The first-order valence-electron chi connectivity index (χ1n) is 5.81. The van der Waals surface area contributed by atoms with Crippen molar-refractivity contribution in [2.24, 2.45) is 0 Å². The van der Waals surface area contributed by atoms with Crippen LogP contribution in [0, 0.1) is 0 Å². The zero-order valence-electron chi connectivity index (χ0n) is 10.8. The minimum atomic E-state index is -0.393. The van der Waals surface area contributed by atoms with Gasteiger partial charge in [-0.05, 0) is 30.3 Å². The Morgan fingerprint density at radius 2 is 2.20 bits per heavy atom. The van der Waals surface area contributed by atoms with E-state index in [4.69, 9.17) is 17.3 Å². The molecule has 0 fully saturated rings. The van der Waals surface area contributed by atoms with Crippen LogP contribution in [0.15, 0.2) is 41.4 Å². The van der Waals surface area contributed by atoms with Gasteiger partial charge in [0.2, 0.25) is 0 Å². The molecular weight excluding hydrogens is 296 g/mol. The van der Waals surface area contributed by atoms with Gasteiger partial charge in [0.05, 0.1) is 18.4 Å². The molecule has 104 valence electrons. The van der Waals surface area contributed by atoms with E-state index in [1.54, 1.807) is 36.0 Å². The Hall–Kier alpha value is -1.72. The monoisotopic (exact) mass is 308 g/mol. The molecule has 2 aromatic rings. The molecule has 1 heterocycles. The molecule has 0 bridgehead atoms. The molecule has 6 heteroatoms. The number of hydrogen-bond donors (Lipinski definition) is 1. The van der Waals surface area contributed by atoms with Crippen molar-refractivity contribution >= 4 is 35.0 Å². The second kappa shape index (κ2) is 6.63. The zero-order valence-corrected chi connectivity index (χ0v) is 12.4. The number of nitrogen functional groups attached to an aromatic ring is 1. The topological polar surface area (TPSA) is 65.2 Å². The summed E-state index contributed by atoms with van der Waals surface area (Å²) in [6.45, 7) is 0. The van der Waals surface area contributed by atoms with Gasteiger partial charge in [-0.2, -0.15) is 0 Å². The van der Waals surface area contributed by atoms with E-state index in [-0.39, 0.29) is 0 Å². The molecule has 0 saturated heterocycles. The number of carbonyl (C=O) groups excluding carboxylic acids is 1. The number of rotatable bonds is 4. The number of aromatic nitrogens is 1. The van der Waals surface area contributed by atoms with E-state index in [1.807, 2.05) is 6.07 Å². The number of nitrogens with zero attached hydrogens (tertiary/aromatic N) is 1. The first kappa shape index (κ1) is 14.7. The highest BCUT2D eigenvalue weighted by atomic mass is 35.5. The second-order valence-corrected chi connectivity index (χ2v) is 5.45. The van der Waals surface area contributed by atoms with Crippen LogP contribution in [0.3, 0.4) is 0 Å². The van der Waals surface area contributed by atoms with Crippen molar-refractivity contribution in [3.63, 3.8) is 0 Å². The summed E-state index contributed by atoms with van der Waals surface area (Å²) in [7, 11) is 1.34. The molecule has 0 aliphatic heterocycles. The number of carbonyl (C=O) groups is 1. The number of anilines is 1. The van der Waals surface area contributed by atoms with E-state index in [9.17, 15) is 4.79 Å². The van der Waals surface area contributed by atoms with E-state index in [1.165, 1.54) is 13.3 Å². The Balaban J connectivity index is 2.04. The molecule has 2 rings (SSSR count). The molecule has 0 radical (unpaired) electrons. The lowest BCUT2D eigenvalue weighted by atomic mass is 10.2. The summed E-state index contributed by atoms with van der Waals surface area (Å²) in [4.78, 5) is 16.4. The van der Waals surface area contributed by atoms with Crippen molar-refractivity contribution in [2.75, 3.05) is 12.8 Å². The fourth-order valence-electron chi connectivity index (χ4n) is 1.53. The lowest BCUT2D eigenvalue weighted by molar-refractivity contribution is 0.0600.